The third kappa shape index (κ3) is 4.56. The molecule has 6 nitrogen and oxygen atoms in total. The molecule has 2 amide bonds. The minimum Gasteiger partial charge on any atom is -0.494 e. The van der Waals surface area contributed by atoms with Crippen LogP contribution in [-0.4, -0.2) is 32.5 Å². The number of amides is 2. The molecular formula is C26H24ClN3O3. The largest absolute Gasteiger partial charge is 0.494 e. The molecule has 1 heterocycles. The van der Waals surface area contributed by atoms with Crippen LogP contribution in [0.3, 0.4) is 0 Å². The lowest BCUT2D eigenvalue weighted by Gasteiger charge is -2.19. The van der Waals surface area contributed by atoms with Crippen molar-refractivity contribution in [2.75, 3.05) is 35.8 Å². The van der Waals surface area contributed by atoms with Gasteiger partial charge in [-0.2, -0.15) is 0 Å². The molecule has 0 bridgehead atoms. The van der Waals surface area contributed by atoms with Crippen molar-refractivity contribution < 1.29 is 14.3 Å². The minimum atomic E-state index is -0.422. The van der Waals surface area contributed by atoms with Crippen LogP contribution < -0.4 is 19.9 Å². The molecule has 3 aromatic rings. The molecule has 0 aromatic heterocycles. The Morgan fingerprint density at radius 2 is 1.64 bits per heavy atom. The van der Waals surface area contributed by atoms with Gasteiger partial charge < -0.3 is 15.0 Å². The highest BCUT2D eigenvalue weighted by Crippen LogP contribution is 2.35. The van der Waals surface area contributed by atoms with Crippen molar-refractivity contribution in [3.8, 4) is 5.75 Å². The fourth-order valence-electron chi connectivity index (χ4n) is 3.62. The average Bonchev–Trinajstić information content (AvgIpc) is 3.05. The maximum absolute atomic E-state index is 13.6. The van der Waals surface area contributed by atoms with E-state index < -0.39 is 11.8 Å². The molecule has 0 unspecified atom stereocenters. The number of halogens is 1. The van der Waals surface area contributed by atoms with Crippen LogP contribution in [0.25, 0.3) is 5.57 Å². The van der Waals surface area contributed by atoms with Gasteiger partial charge in [0.2, 0.25) is 0 Å². The highest BCUT2D eigenvalue weighted by Gasteiger charge is 2.40. The van der Waals surface area contributed by atoms with Crippen molar-refractivity contribution in [1.29, 1.82) is 0 Å². The molecule has 33 heavy (non-hydrogen) atoms. The fourth-order valence-corrected chi connectivity index (χ4v) is 3.75. The number of nitrogens with zero attached hydrogens (tertiary/aromatic N) is 2. The number of carbonyl (C=O) groups is 2. The Labute approximate surface area is 198 Å². The number of hydrogen-bond acceptors (Lipinski definition) is 5. The molecule has 168 valence electrons. The van der Waals surface area contributed by atoms with Gasteiger partial charge in [-0.05, 0) is 67.1 Å². The molecule has 1 aliphatic heterocycles. The van der Waals surface area contributed by atoms with E-state index in [9.17, 15) is 9.59 Å². The van der Waals surface area contributed by atoms with Crippen molar-refractivity contribution in [2.45, 2.75) is 6.92 Å². The SMILES string of the molecule is CCOc1ccc(NC2=C(c3ccc(Cl)cc3)C(=O)N(c3cccc(N(C)C)c3)C2=O)cc1. The zero-order chi connectivity index (χ0) is 23.5. The summed E-state index contributed by atoms with van der Waals surface area (Å²) in [5.74, 6) is -0.0905. The average molecular weight is 462 g/mol. The monoisotopic (exact) mass is 461 g/mol. The van der Waals surface area contributed by atoms with Gasteiger partial charge in [0.15, 0.2) is 0 Å². The van der Waals surface area contributed by atoms with Crippen LogP contribution >= 0.6 is 11.6 Å². The summed E-state index contributed by atoms with van der Waals surface area (Å²) < 4.78 is 5.49. The van der Waals surface area contributed by atoms with Crippen LogP contribution in [0, 0.1) is 0 Å². The lowest BCUT2D eigenvalue weighted by molar-refractivity contribution is -0.120. The third-order valence-electron chi connectivity index (χ3n) is 5.26. The van der Waals surface area contributed by atoms with E-state index >= 15 is 0 Å². The minimum absolute atomic E-state index is 0.210. The van der Waals surface area contributed by atoms with E-state index in [1.165, 1.54) is 4.90 Å². The molecule has 4 rings (SSSR count). The van der Waals surface area contributed by atoms with E-state index in [4.69, 9.17) is 16.3 Å². The van der Waals surface area contributed by atoms with Crippen LogP contribution in [0.2, 0.25) is 5.02 Å². The van der Waals surface area contributed by atoms with Gasteiger partial charge in [-0.15, -0.1) is 0 Å². The van der Waals surface area contributed by atoms with Gasteiger partial charge in [-0.1, -0.05) is 29.8 Å². The van der Waals surface area contributed by atoms with Crippen LogP contribution in [-0.2, 0) is 9.59 Å². The zero-order valence-corrected chi connectivity index (χ0v) is 19.4. The van der Waals surface area contributed by atoms with Gasteiger partial charge in [-0.25, -0.2) is 4.90 Å². The number of rotatable bonds is 7. The molecule has 1 N–H and O–H groups in total. The van der Waals surface area contributed by atoms with Gasteiger partial charge >= 0.3 is 0 Å². The van der Waals surface area contributed by atoms with Gasteiger partial charge in [0.05, 0.1) is 17.9 Å². The first-order chi connectivity index (χ1) is 15.9. The van der Waals surface area contributed by atoms with E-state index in [0.29, 0.717) is 34.1 Å². The van der Waals surface area contributed by atoms with Crippen LogP contribution in [0.15, 0.2) is 78.5 Å². The number of hydrogen-bond donors (Lipinski definition) is 1. The number of carbonyl (C=O) groups excluding carboxylic acids is 2. The van der Waals surface area contributed by atoms with E-state index in [-0.39, 0.29) is 5.70 Å². The summed E-state index contributed by atoms with van der Waals surface area (Å²) in [5.41, 5.74) is 3.17. The van der Waals surface area contributed by atoms with Gasteiger partial charge in [0, 0.05) is 30.5 Å². The van der Waals surface area contributed by atoms with E-state index in [2.05, 4.69) is 5.32 Å². The van der Waals surface area contributed by atoms with Gasteiger partial charge in [0.25, 0.3) is 11.8 Å². The first kappa shape index (κ1) is 22.4. The quantitative estimate of drug-likeness (QED) is 0.490. The molecule has 0 saturated heterocycles. The molecular weight excluding hydrogens is 438 g/mol. The Balaban J connectivity index is 1.76. The molecule has 7 heteroatoms. The summed E-state index contributed by atoms with van der Waals surface area (Å²) >= 11 is 6.05. The first-order valence-electron chi connectivity index (χ1n) is 10.6. The second-order valence-electron chi connectivity index (χ2n) is 7.70. The predicted molar refractivity (Wildman–Crippen MR) is 133 cm³/mol. The summed E-state index contributed by atoms with van der Waals surface area (Å²) in [4.78, 5) is 30.2. The van der Waals surface area contributed by atoms with Crippen molar-refractivity contribution in [1.82, 2.24) is 0 Å². The maximum Gasteiger partial charge on any atom is 0.282 e. The summed E-state index contributed by atoms with van der Waals surface area (Å²) in [6, 6.07) is 21.4. The van der Waals surface area contributed by atoms with E-state index in [0.717, 1.165) is 11.4 Å². The number of nitrogens with one attached hydrogen (secondary N) is 1. The van der Waals surface area contributed by atoms with Crippen molar-refractivity contribution >= 4 is 46.1 Å². The van der Waals surface area contributed by atoms with Crippen LogP contribution in [0.5, 0.6) is 5.75 Å². The standard InChI is InChI=1S/C26H24ClN3O3/c1-4-33-22-14-12-19(13-15-22)28-24-23(17-8-10-18(27)11-9-17)25(31)30(26(24)32)21-7-5-6-20(16-21)29(2)3/h5-16,28H,4H2,1-3H3. The molecule has 0 saturated carbocycles. The molecule has 0 spiro atoms. The van der Waals surface area contributed by atoms with Crippen molar-refractivity contribution in [2.24, 2.45) is 0 Å². The second-order valence-corrected chi connectivity index (χ2v) is 8.14. The van der Waals surface area contributed by atoms with Crippen LogP contribution in [0.4, 0.5) is 17.1 Å². The molecule has 1 aliphatic rings. The highest BCUT2D eigenvalue weighted by molar-refractivity contribution is 6.46. The normalized spacial score (nSPS) is 13.5. The number of imide groups is 1. The summed E-state index contributed by atoms with van der Waals surface area (Å²) in [6.45, 7) is 2.48. The lowest BCUT2D eigenvalue weighted by atomic mass is 10.0. The first-order valence-corrected chi connectivity index (χ1v) is 10.9. The van der Waals surface area contributed by atoms with Crippen LogP contribution in [0.1, 0.15) is 12.5 Å². The molecule has 0 fully saturated rings. The van der Waals surface area contributed by atoms with Gasteiger partial charge in [-0.3, -0.25) is 9.59 Å². The van der Waals surface area contributed by atoms with Crippen molar-refractivity contribution in [3.63, 3.8) is 0 Å². The topological polar surface area (TPSA) is 61.9 Å². The highest BCUT2D eigenvalue weighted by atomic mass is 35.5. The second kappa shape index (κ2) is 9.38. The maximum atomic E-state index is 13.6. The van der Waals surface area contributed by atoms with Gasteiger partial charge in [0.1, 0.15) is 11.4 Å². The molecule has 3 aromatic carbocycles. The predicted octanol–water partition coefficient (Wildman–Crippen LogP) is 5.20. The Kier molecular flexibility index (Phi) is 6.38. The summed E-state index contributed by atoms with van der Waals surface area (Å²) in [5, 5.41) is 3.71. The van der Waals surface area contributed by atoms with E-state index in [1.807, 2.05) is 68.4 Å². The smallest absolute Gasteiger partial charge is 0.282 e. The Bertz CT molecular complexity index is 1220. The number of anilines is 3. The number of ether oxygens (including phenoxy) is 1. The zero-order valence-electron chi connectivity index (χ0n) is 18.6. The Morgan fingerprint density at radius 3 is 2.27 bits per heavy atom. The molecule has 0 atom stereocenters. The Morgan fingerprint density at radius 1 is 0.939 bits per heavy atom. The fraction of sp³-hybridized carbons (Fsp3) is 0.154. The molecule has 0 aliphatic carbocycles. The summed E-state index contributed by atoms with van der Waals surface area (Å²) in [6.07, 6.45) is 0. The number of benzene rings is 3. The lowest BCUT2D eigenvalue weighted by Crippen LogP contribution is -2.32. The van der Waals surface area contributed by atoms with Crippen molar-refractivity contribution in [3.05, 3.63) is 89.1 Å². The summed E-state index contributed by atoms with van der Waals surface area (Å²) in [7, 11) is 3.81. The Hall–Kier alpha value is -3.77. The molecule has 0 radical (unpaired) electrons. The third-order valence-corrected chi connectivity index (χ3v) is 5.51. The van der Waals surface area contributed by atoms with E-state index in [1.54, 1.807) is 30.3 Å².